The first-order chi connectivity index (χ1) is 16.8. The number of aromatic nitrogens is 5. The largest absolute Gasteiger partial charge is 0.494 e. The summed E-state index contributed by atoms with van der Waals surface area (Å²) in [6.45, 7) is 3.23. The lowest BCUT2D eigenvalue weighted by Gasteiger charge is -2.24. The van der Waals surface area contributed by atoms with E-state index in [0.29, 0.717) is 47.4 Å². The summed E-state index contributed by atoms with van der Waals surface area (Å²) < 4.78 is 7.29. The number of methoxy groups -OCH3 is 1. The van der Waals surface area contributed by atoms with Crippen LogP contribution < -0.4 is 20.3 Å². The molecule has 5 rings (SSSR count). The van der Waals surface area contributed by atoms with Gasteiger partial charge in [-0.25, -0.2) is 9.78 Å². The average Bonchev–Trinajstić information content (AvgIpc) is 3.25. The van der Waals surface area contributed by atoms with Crippen molar-refractivity contribution >= 4 is 29.1 Å². The first-order valence-corrected chi connectivity index (χ1v) is 11.3. The average molecular weight is 478 g/mol. The molecule has 0 radical (unpaired) electrons. The van der Waals surface area contributed by atoms with E-state index in [2.05, 4.69) is 37.8 Å². The maximum Gasteiger partial charge on any atom is 0.326 e. The number of urea groups is 1. The highest BCUT2D eigenvalue weighted by atomic mass is 16.5. The standard InChI is InChI=1S/C23H27N9O3/c1-23(8-9-23)32-11-10-31(22(32)34)17-12-16(18(28-27-17)21(33)24-2)26-15-7-5-6-14(19(15)35-4)20-25-13-30(3)29-20/h5-7,12-13H,8-11H2,1-4H3,(H,24,33)(H,26,27). The van der Waals surface area contributed by atoms with E-state index in [-0.39, 0.29) is 17.3 Å². The minimum absolute atomic E-state index is 0.0737. The number of aryl methyl sites for hydroxylation is 1. The first kappa shape index (κ1) is 22.6. The van der Waals surface area contributed by atoms with Gasteiger partial charge in [-0.05, 0) is 31.9 Å². The molecule has 0 atom stereocenters. The van der Waals surface area contributed by atoms with E-state index in [1.54, 1.807) is 36.1 Å². The van der Waals surface area contributed by atoms with Gasteiger partial charge in [-0.15, -0.1) is 10.2 Å². The van der Waals surface area contributed by atoms with Gasteiger partial charge in [0.25, 0.3) is 5.91 Å². The van der Waals surface area contributed by atoms with Crippen molar-refractivity contribution in [3.8, 4) is 17.1 Å². The molecule has 1 saturated heterocycles. The third-order valence-electron chi connectivity index (χ3n) is 6.46. The lowest BCUT2D eigenvalue weighted by Crippen LogP contribution is -2.39. The maximum absolute atomic E-state index is 13.1. The van der Waals surface area contributed by atoms with Gasteiger partial charge in [0, 0.05) is 38.8 Å². The molecule has 1 aliphatic carbocycles. The summed E-state index contributed by atoms with van der Waals surface area (Å²) >= 11 is 0. The summed E-state index contributed by atoms with van der Waals surface area (Å²) in [5.74, 6) is 0.973. The van der Waals surface area contributed by atoms with E-state index in [9.17, 15) is 9.59 Å². The van der Waals surface area contributed by atoms with E-state index in [4.69, 9.17) is 4.74 Å². The predicted molar refractivity (Wildman–Crippen MR) is 129 cm³/mol. The number of ether oxygens (including phenoxy) is 1. The van der Waals surface area contributed by atoms with Gasteiger partial charge in [-0.1, -0.05) is 6.07 Å². The minimum atomic E-state index is -0.409. The topological polar surface area (TPSA) is 130 Å². The zero-order valence-corrected chi connectivity index (χ0v) is 20.1. The molecule has 35 heavy (non-hydrogen) atoms. The van der Waals surface area contributed by atoms with E-state index in [1.165, 1.54) is 7.05 Å². The van der Waals surface area contributed by atoms with Crippen LogP contribution in [0.5, 0.6) is 5.75 Å². The van der Waals surface area contributed by atoms with Gasteiger partial charge in [0.1, 0.15) is 6.33 Å². The lowest BCUT2D eigenvalue weighted by molar-refractivity contribution is 0.0958. The van der Waals surface area contributed by atoms with Crippen LogP contribution in [0.1, 0.15) is 30.3 Å². The highest BCUT2D eigenvalue weighted by molar-refractivity contribution is 6.00. The fourth-order valence-corrected chi connectivity index (χ4v) is 4.24. The summed E-state index contributed by atoms with van der Waals surface area (Å²) in [5.41, 5.74) is 1.68. The van der Waals surface area contributed by atoms with Crippen LogP contribution >= 0.6 is 0 Å². The van der Waals surface area contributed by atoms with Gasteiger partial charge in [-0.3, -0.25) is 14.4 Å². The molecular weight excluding hydrogens is 450 g/mol. The number of carbonyl (C=O) groups excluding carboxylic acids is 2. The molecule has 3 aromatic rings. The number of hydrogen-bond donors (Lipinski definition) is 2. The molecule has 182 valence electrons. The molecule has 1 aliphatic heterocycles. The zero-order valence-electron chi connectivity index (χ0n) is 20.1. The van der Waals surface area contributed by atoms with Gasteiger partial charge in [0.05, 0.1) is 24.0 Å². The normalized spacial score (nSPS) is 16.4. The highest BCUT2D eigenvalue weighted by Gasteiger charge is 2.49. The Kier molecular flexibility index (Phi) is 5.50. The van der Waals surface area contributed by atoms with Crippen molar-refractivity contribution < 1.29 is 14.3 Å². The third-order valence-corrected chi connectivity index (χ3v) is 6.46. The molecule has 12 nitrogen and oxygen atoms in total. The van der Waals surface area contributed by atoms with Crippen LogP contribution in [0.3, 0.4) is 0 Å². The SMILES string of the molecule is CNC(=O)c1nnc(N2CCN(C3(C)CC3)C2=O)cc1Nc1cccc(-c2ncn(C)n2)c1OC. The molecule has 1 aromatic carbocycles. The summed E-state index contributed by atoms with van der Waals surface area (Å²) in [7, 11) is 4.86. The van der Waals surface area contributed by atoms with E-state index < -0.39 is 5.91 Å². The smallest absolute Gasteiger partial charge is 0.326 e. The van der Waals surface area contributed by atoms with Crippen molar-refractivity contribution in [3.05, 3.63) is 36.3 Å². The Morgan fingerprint density at radius 1 is 1.17 bits per heavy atom. The summed E-state index contributed by atoms with van der Waals surface area (Å²) in [5, 5.41) is 18.6. The number of carbonyl (C=O) groups is 2. The first-order valence-electron chi connectivity index (χ1n) is 11.3. The molecule has 2 aromatic heterocycles. The van der Waals surface area contributed by atoms with Crippen molar-refractivity contribution in [2.75, 3.05) is 37.5 Å². The van der Waals surface area contributed by atoms with Crippen LogP contribution in [0.4, 0.5) is 22.0 Å². The monoisotopic (exact) mass is 477 g/mol. The Bertz CT molecular complexity index is 1300. The molecule has 3 amide bonds. The molecule has 2 aliphatic rings. The minimum Gasteiger partial charge on any atom is -0.494 e. The summed E-state index contributed by atoms with van der Waals surface area (Å²) in [6.07, 6.45) is 3.61. The predicted octanol–water partition coefficient (Wildman–Crippen LogP) is 2.18. The fraction of sp³-hybridized carbons (Fsp3) is 0.391. The number of anilines is 3. The Morgan fingerprint density at radius 2 is 1.97 bits per heavy atom. The fourth-order valence-electron chi connectivity index (χ4n) is 4.24. The molecule has 0 unspecified atom stereocenters. The third kappa shape index (κ3) is 4.00. The molecule has 0 spiro atoms. The van der Waals surface area contributed by atoms with Crippen LogP contribution in [-0.4, -0.2) is 74.6 Å². The van der Waals surface area contributed by atoms with Gasteiger partial charge < -0.3 is 20.3 Å². The number of benzene rings is 1. The van der Waals surface area contributed by atoms with Crippen LogP contribution in [0.2, 0.25) is 0 Å². The Labute approximate surface area is 202 Å². The zero-order chi connectivity index (χ0) is 24.7. The van der Waals surface area contributed by atoms with Crippen molar-refractivity contribution in [1.29, 1.82) is 0 Å². The van der Waals surface area contributed by atoms with Crippen LogP contribution in [0, 0.1) is 0 Å². The molecule has 1 saturated carbocycles. The van der Waals surface area contributed by atoms with Gasteiger partial charge in [0.2, 0.25) is 0 Å². The second-order valence-corrected chi connectivity index (χ2v) is 8.88. The van der Waals surface area contributed by atoms with E-state index in [0.717, 1.165) is 12.8 Å². The second kappa shape index (κ2) is 8.53. The van der Waals surface area contributed by atoms with Gasteiger partial charge >= 0.3 is 6.03 Å². The van der Waals surface area contributed by atoms with Crippen LogP contribution in [-0.2, 0) is 7.05 Å². The van der Waals surface area contributed by atoms with E-state index in [1.807, 2.05) is 23.1 Å². The number of amides is 3. The van der Waals surface area contributed by atoms with Gasteiger partial charge in [0.15, 0.2) is 23.1 Å². The van der Waals surface area contributed by atoms with Gasteiger partial charge in [-0.2, -0.15) is 5.10 Å². The molecule has 2 N–H and O–H groups in total. The quantitative estimate of drug-likeness (QED) is 0.530. The van der Waals surface area contributed by atoms with E-state index >= 15 is 0 Å². The Hall–Kier alpha value is -4.22. The number of nitrogens with zero attached hydrogens (tertiary/aromatic N) is 7. The highest BCUT2D eigenvalue weighted by Crippen LogP contribution is 2.43. The number of para-hydroxylation sites is 1. The Morgan fingerprint density at radius 3 is 2.63 bits per heavy atom. The molecule has 12 heteroatoms. The summed E-state index contributed by atoms with van der Waals surface area (Å²) in [4.78, 5) is 33.5. The van der Waals surface area contributed by atoms with Crippen LogP contribution in [0.15, 0.2) is 30.6 Å². The Balaban J connectivity index is 1.52. The van der Waals surface area contributed by atoms with Crippen molar-refractivity contribution in [2.45, 2.75) is 25.3 Å². The summed E-state index contributed by atoms with van der Waals surface area (Å²) in [6, 6.07) is 7.07. The molecule has 3 heterocycles. The van der Waals surface area contributed by atoms with Crippen molar-refractivity contribution in [3.63, 3.8) is 0 Å². The van der Waals surface area contributed by atoms with Crippen LogP contribution in [0.25, 0.3) is 11.4 Å². The molecular formula is C23H27N9O3. The molecule has 0 bridgehead atoms. The number of nitrogens with one attached hydrogen (secondary N) is 2. The number of rotatable bonds is 7. The maximum atomic E-state index is 13.1. The second-order valence-electron chi connectivity index (χ2n) is 8.88. The lowest BCUT2D eigenvalue weighted by atomic mass is 10.1. The number of hydrogen-bond acceptors (Lipinski definition) is 8. The van der Waals surface area contributed by atoms with Crippen molar-refractivity contribution in [2.24, 2.45) is 7.05 Å². The van der Waals surface area contributed by atoms with Crippen molar-refractivity contribution in [1.82, 2.24) is 35.2 Å². The molecule has 2 fully saturated rings.